The highest BCUT2D eigenvalue weighted by molar-refractivity contribution is 5.82. The first-order chi connectivity index (χ1) is 9.10. The Morgan fingerprint density at radius 1 is 1.26 bits per heavy atom. The van der Waals surface area contributed by atoms with Gasteiger partial charge in [-0.3, -0.25) is 9.69 Å². The second-order valence-electron chi connectivity index (χ2n) is 6.15. The molecule has 2 aliphatic rings. The van der Waals surface area contributed by atoms with Crippen molar-refractivity contribution in [2.75, 3.05) is 26.2 Å². The zero-order valence-corrected chi connectivity index (χ0v) is 12.2. The van der Waals surface area contributed by atoms with Gasteiger partial charge in [0.25, 0.3) is 0 Å². The molecular formula is C15H25N3O. The molecule has 0 N–H and O–H groups in total. The molecule has 0 aromatic rings. The summed E-state index contributed by atoms with van der Waals surface area (Å²) in [4.78, 5) is 16.8. The van der Waals surface area contributed by atoms with E-state index in [4.69, 9.17) is 5.26 Å². The van der Waals surface area contributed by atoms with Crippen molar-refractivity contribution >= 4 is 5.91 Å². The Bertz CT molecular complexity index is 360. The molecule has 4 heteroatoms. The topological polar surface area (TPSA) is 47.3 Å². The summed E-state index contributed by atoms with van der Waals surface area (Å²) in [6.45, 7) is 7.42. The lowest BCUT2D eigenvalue weighted by Crippen LogP contribution is -2.54. The van der Waals surface area contributed by atoms with Crippen molar-refractivity contribution in [2.24, 2.45) is 5.41 Å². The molecule has 19 heavy (non-hydrogen) atoms. The molecular weight excluding hydrogens is 238 g/mol. The van der Waals surface area contributed by atoms with Crippen LogP contribution < -0.4 is 0 Å². The molecule has 0 aromatic heterocycles. The van der Waals surface area contributed by atoms with Gasteiger partial charge in [0.05, 0.1) is 12.1 Å². The van der Waals surface area contributed by atoms with Gasteiger partial charge in [-0.1, -0.05) is 26.7 Å². The van der Waals surface area contributed by atoms with E-state index in [1.54, 1.807) is 0 Å². The van der Waals surface area contributed by atoms with Gasteiger partial charge in [0, 0.05) is 31.6 Å². The van der Waals surface area contributed by atoms with Crippen LogP contribution in [0.5, 0.6) is 0 Å². The standard InChI is InChI=1S/C15H25N3O/c1-3-13(12-16)17-8-10-18(11-9-17)14(19)15(2)6-4-5-7-15/h13H,3-11H2,1-2H3. The van der Waals surface area contributed by atoms with Crippen LogP contribution in [0.4, 0.5) is 0 Å². The average molecular weight is 263 g/mol. The van der Waals surface area contributed by atoms with Crippen LogP contribution in [0.3, 0.4) is 0 Å². The molecule has 1 saturated carbocycles. The van der Waals surface area contributed by atoms with Crippen molar-refractivity contribution in [1.82, 2.24) is 9.80 Å². The second kappa shape index (κ2) is 5.92. The highest BCUT2D eigenvalue weighted by Gasteiger charge is 2.40. The predicted octanol–water partition coefficient (Wildman–Crippen LogP) is 2.01. The number of nitrogens with zero attached hydrogens (tertiary/aromatic N) is 3. The van der Waals surface area contributed by atoms with Crippen molar-refractivity contribution < 1.29 is 4.79 Å². The first-order valence-corrected chi connectivity index (χ1v) is 7.54. The van der Waals surface area contributed by atoms with Gasteiger partial charge in [-0.05, 0) is 19.3 Å². The van der Waals surface area contributed by atoms with E-state index >= 15 is 0 Å². The number of carbonyl (C=O) groups excluding carboxylic acids is 1. The molecule has 4 nitrogen and oxygen atoms in total. The zero-order valence-electron chi connectivity index (χ0n) is 12.2. The molecule has 0 radical (unpaired) electrons. The summed E-state index contributed by atoms with van der Waals surface area (Å²) in [5.41, 5.74) is -0.110. The zero-order chi connectivity index (χ0) is 13.9. The van der Waals surface area contributed by atoms with E-state index in [0.717, 1.165) is 45.4 Å². The largest absolute Gasteiger partial charge is 0.340 e. The van der Waals surface area contributed by atoms with Gasteiger partial charge in [-0.25, -0.2) is 0 Å². The first kappa shape index (κ1) is 14.3. The quantitative estimate of drug-likeness (QED) is 0.782. The number of carbonyl (C=O) groups is 1. The van der Waals surface area contributed by atoms with E-state index in [-0.39, 0.29) is 11.5 Å². The minimum atomic E-state index is -0.110. The van der Waals surface area contributed by atoms with Crippen LogP contribution in [0.25, 0.3) is 0 Å². The molecule has 0 bridgehead atoms. The Hall–Kier alpha value is -1.08. The van der Waals surface area contributed by atoms with Crippen molar-refractivity contribution in [3.05, 3.63) is 0 Å². The Balaban J connectivity index is 1.90. The fourth-order valence-electron chi connectivity index (χ4n) is 3.42. The van der Waals surface area contributed by atoms with E-state index < -0.39 is 0 Å². The summed E-state index contributed by atoms with van der Waals surface area (Å²) in [5.74, 6) is 0.342. The van der Waals surface area contributed by atoms with E-state index in [2.05, 4.69) is 17.9 Å². The maximum absolute atomic E-state index is 12.6. The molecule has 1 aliphatic carbocycles. The van der Waals surface area contributed by atoms with Crippen molar-refractivity contribution in [3.8, 4) is 6.07 Å². The number of amides is 1. The molecule has 1 heterocycles. The Labute approximate surface area is 116 Å². The number of piperazine rings is 1. The van der Waals surface area contributed by atoms with E-state index in [9.17, 15) is 4.79 Å². The van der Waals surface area contributed by atoms with Crippen LogP contribution in [0, 0.1) is 16.7 Å². The summed E-state index contributed by atoms with van der Waals surface area (Å²) >= 11 is 0. The first-order valence-electron chi connectivity index (χ1n) is 7.54. The van der Waals surface area contributed by atoms with Gasteiger partial charge in [0.1, 0.15) is 0 Å². The fourth-order valence-corrected chi connectivity index (χ4v) is 3.42. The third kappa shape index (κ3) is 2.92. The predicted molar refractivity (Wildman–Crippen MR) is 74.4 cm³/mol. The number of nitriles is 1. The third-order valence-corrected chi connectivity index (χ3v) is 4.80. The number of hydrogen-bond acceptors (Lipinski definition) is 3. The summed E-state index contributed by atoms with van der Waals surface area (Å²) < 4.78 is 0. The molecule has 1 saturated heterocycles. The molecule has 0 spiro atoms. The Kier molecular flexibility index (Phi) is 4.46. The van der Waals surface area contributed by atoms with Crippen LogP contribution in [0.15, 0.2) is 0 Å². The molecule has 1 aliphatic heterocycles. The molecule has 1 unspecified atom stereocenters. The smallest absolute Gasteiger partial charge is 0.228 e. The summed E-state index contributed by atoms with van der Waals surface area (Å²) in [6, 6.07) is 2.36. The Morgan fingerprint density at radius 3 is 2.32 bits per heavy atom. The summed E-state index contributed by atoms with van der Waals surface area (Å²) in [6.07, 6.45) is 5.33. The molecule has 106 valence electrons. The van der Waals surface area contributed by atoms with Gasteiger partial charge in [-0.15, -0.1) is 0 Å². The van der Waals surface area contributed by atoms with Gasteiger partial charge in [0.2, 0.25) is 5.91 Å². The highest BCUT2D eigenvalue weighted by Crippen LogP contribution is 2.39. The van der Waals surface area contributed by atoms with E-state index in [1.165, 1.54) is 12.8 Å². The van der Waals surface area contributed by atoms with Crippen LogP contribution in [-0.4, -0.2) is 47.9 Å². The van der Waals surface area contributed by atoms with Gasteiger partial charge in [-0.2, -0.15) is 5.26 Å². The molecule has 0 aromatic carbocycles. The lowest BCUT2D eigenvalue weighted by molar-refractivity contribution is -0.143. The Morgan fingerprint density at radius 2 is 1.84 bits per heavy atom. The molecule has 1 amide bonds. The van der Waals surface area contributed by atoms with Gasteiger partial charge in [0.15, 0.2) is 0 Å². The van der Waals surface area contributed by atoms with Crippen molar-refractivity contribution in [2.45, 2.75) is 52.0 Å². The van der Waals surface area contributed by atoms with Crippen LogP contribution >= 0.6 is 0 Å². The normalized spacial score (nSPS) is 25.0. The third-order valence-electron chi connectivity index (χ3n) is 4.80. The SMILES string of the molecule is CCC(C#N)N1CCN(C(=O)C2(C)CCCC2)CC1. The summed E-state index contributed by atoms with van der Waals surface area (Å²) in [5, 5.41) is 9.09. The lowest BCUT2D eigenvalue weighted by Gasteiger charge is -2.39. The minimum absolute atomic E-state index is 0.0133. The van der Waals surface area contributed by atoms with E-state index in [0.29, 0.717) is 5.91 Å². The second-order valence-corrected chi connectivity index (χ2v) is 6.15. The van der Waals surface area contributed by atoms with Crippen molar-refractivity contribution in [1.29, 1.82) is 5.26 Å². The number of rotatable bonds is 3. The lowest BCUT2D eigenvalue weighted by atomic mass is 9.87. The average Bonchev–Trinajstić information content (AvgIpc) is 2.88. The fraction of sp³-hybridized carbons (Fsp3) is 0.867. The maximum Gasteiger partial charge on any atom is 0.228 e. The molecule has 2 rings (SSSR count). The van der Waals surface area contributed by atoms with Crippen molar-refractivity contribution in [3.63, 3.8) is 0 Å². The minimum Gasteiger partial charge on any atom is -0.340 e. The number of hydrogen-bond donors (Lipinski definition) is 0. The molecule has 2 fully saturated rings. The van der Waals surface area contributed by atoms with E-state index in [1.807, 2.05) is 11.8 Å². The maximum atomic E-state index is 12.6. The highest BCUT2D eigenvalue weighted by atomic mass is 16.2. The van der Waals surface area contributed by atoms with Crippen LogP contribution in [-0.2, 0) is 4.79 Å². The van der Waals surface area contributed by atoms with Gasteiger partial charge < -0.3 is 4.90 Å². The van der Waals surface area contributed by atoms with Crippen LogP contribution in [0.2, 0.25) is 0 Å². The van der Waals surface area contributed by atoms with Crippen LogP contribution in [0.1, 0.15) is 46.0 Å². The summed E-state index contributed by atoms with van der Waals surface area (Å²) in [7, 11) is 0. The van der Waals surface area contributed by atoms with Gasteiger partial charge >= 0.3 is 0 Å². The molecule has 1 atom stereocenters. The monoisotopic (exact) mass is 263 g/mol.